The van der Waals surface area contributed by atoms with Gasteiger partial charge in [-0.15, -0.1) is 0 Å². The zero-order chi connectivity index (χ0) is 15.0. The van der Waals surface area contributed by atoms with Crippen LogP contribution in [0.25, 0.3) is 0 Å². The smallest absolute Gasteiger partial charge is 0.115 e. The standard InChI is InChI=1S/C14H14N2.C4H4N2/c1-2-4-11(5-3-1)12-6-7-13(12)14-8-9-15-10-16-14;1-2-5-4-6-3-1/h1-5,8-10,12-13H,6-7H2;1-4H/t12-,13-;/m0./s1. The molecule has 0 bridgehead atoms. The van der Waals surface area contributed by atoms with Gasteiger partial charge in [0.1, 0.15) is 12.7 Å². The highest BCUT2D eigenvalue weighted by atomic mass is 14.8. The van der Waals surface area contributed by atoms with Crippen molar-refractivity contribution >= 4 is 0 Å². The molecule has 0 unspecified atom stereocenters. The van der Waals surface area contributed by atoms with E-state index in [1.165, 1.54) is 30.4 Å². The van der Waals surface area contributed by atoms with Gasteiger partial charge >= 0.3 is 0 Å². The fourth-order valence-electron chi connectivity index (χ4n) is 2.73. The summed E-state index contributed by atoms with van der Waals surface area (Å²) in [7, 11) is 0. The van der Waals surface area contributed by atoms with Gasteiger partial charge in [-0.3, -0.25) is 0 Å². The van der Waals surface area contributed by atoms with Crippen LogP contribution in [0.3, 0.4) is 0 Å². The van der Waals surface area contributed by atoms with Crippen LogP contribution in [0.5, 0.6) is 0 Å². The Balaban J connectivity index is 0.000000202. The first-order valence-electron chi connectivity index (χ1n) is 7.46. The summed E-state index contributed by atoms with van der Waals surface area (Å²) in [4.78, 5) is 15.7. The molecule has 2 aromatic heterocycles. The van der Waals surface area contributed by atoms with Crippen molar-refractivity contribution in [1.29, 1.82) is 0 Å². The van der Waals surface area contributed by atoms with Crippen LogP contribution in [-0.4, -0.2) is 19.9 Å². The van der Waals surface area contributed by atoms with E-state index in [1.54, 1.807) is 24.8 Å². The van der Waals surface area contributed by atoms with E-state index in [2.05, 4.69) is 50.3 Å². The average molecular weight is 290 g/mol. The molecule has 22 heavy (non-hydrogen) atoms. The minimum atomic E-state index is 0.588. The monoisotopic (exact) mass is 290 g/mol. The molecule has 3 aromatic rings. The fraction of sp³-hybridized carbons (Fsp3) is 0.222. The molecule has 0 spiro atoms. The van der Waals surface area contributed by atoms with Gasteiger partial charge in [-0.05, 0) is 36.5 Å². The van der Waals surface area contributed by atoms with Crippen molar-refractivity contribution in [2.45, 2.75) is 24.7 Å². The maximum Gasteiger partial charge on any atom is 0.115 e. The fourth-order valence-corrected chi connectivity index (χ4v) is 2.73. The van der Waals surface area contributed by atoms with Crippen LogP contribution in [-0.2, 0) is 0 Å². The van der Waals surface area contributed by atoms with Crippen LogP contribution < -0.4 is 0 Å². The summed E-state index contributed by atoms with van der Waals surface area (Å²) in [6.07, 6.45) is 10.9. The van der Waals surface area contributed by atoms with E-state index in [0.29, 0.717) is 11.8 Å². The summed E-state index contributed by atoms with van der Waals surface area (Å²) in [5.74, 6) is 1.24. The second-order valence-corrected chi connectivity index (χ2v) is 5.24. The van der Waals surface area contributed by atoms with Gasteiger partial charge in [0.15, 0.2) is 0 Å². The van der Waals surface area contributed by atoms with Gasteiger partial charge in [0.25, 0.3) is 0 Å². The molecule has 4 nitrogen and oxygen atoms in total. The van der Waals surface area contributed by atoms with E-state index in [4.69, 9.17) is 0 Å². The lowest BCUT2D eigenvalue weighted by atomic mass is 9.68. The lowest BCUT2D eigenvalue weighted by Crippen LogP contribution is -2.22. The third-order valence-corrected chi connectivity index (χ3v) is 3.96. The van der Waals surface area contributed by atoms with Crippen molar-refractivity contribution in [1.82, 2.24) is 19.9 Å². The molecule has 4 rings (SSSR count). The maximum atomic E-state index is 4.37. The third kappa shape index (κ3) is 3.52. The predicted octanol–water partition coefficient (Wildman–Crippen LogP) is 3.61. The summed E-state index contributed by atoms with van der Waals surface area (Å²) in [6, 6.07) is 14.6. The van der Waals surface area contributed by atoms with Gasteiger partial charge in [0, 0.05) is 30.2 Å². The zero-order valence-electron chi connectivity index (χ0n) is 12.3. The summed E-state index contributed by atoms with van der Waals surface area (Å²) < 4.78 is 0. The summed E-state index contributed by atoms with van der Waals surface area (Å²) in [5.41, 5.74) is 2.63. The molecule has 2 heterocycles. The Morgan fingerprint density at radius 1 is 0.682 bits per heavy atom. The summed E-state index contributed by atoms with van der Waals surface area (Å²) in [5, 5.41) is 0. The largest absolute Gasteiger partial charge is 0.245 e. The molecule has 1 saturated carbocycles. The van der Waals surface area contributed by atoms with Gasteiger partial charge in [0.05, 0.1) is 0 Å². The van der Waals surface area contributed by atoms with E-state index in [0.717, 1.165) is 0 Å². The predicted molar refractivity (Wildman–Crippen MR) is 85.2 cm³/mol. The van der Waals surface area contributed by atoms with Gasteiger partial charge in [0.2, 0.25) is 0 Å². The van der Waals surface area contributed by atoms with Gasteiger partial charge in [-0.2, -0.15) is 0 Å². The number of hydrogen-bond donors (Lipinski definition) is 0. The minimum Gasteiger partial charge on any atom is -0.245 e. The Bertz CT molecular complexity index is 586. The van der Waals surface area contributed by atoms with Crippen molar-refractivity contribution in [3.63, 3.8) is 0 Å². The molecule has 1 aliphatic carbocycles. The molecule has 0 amide bonds. The van der Waals surface area contributed by atoms with E-state index in [1.807, 2.05) is 12.3 Å². The molecule has 2 atom stereocenters. The highest BCUT2D eigenvalue weighted by molar-refractivity contribution is 5.28. The Hall–Kier alpha value is -2.62. The lowest BCUT2D eigenvalue weighted by Gasteiger charge is -2.36. The van der Waals surface area contributed by atoms with E-state index in [-0.39, 0.29) is 0 Å². The molecule has 1 aliphatic rings. The first-order chi connectivity index (χ1) is 10.9. The number of benzene rings is 1. The molecule has 0 aliphatic heterocycles. The van der Waals surface area contributed by atoms with Crippen LogP contribution in [0.1, 0.15) is 35.9 Å². The Kier molecular flexibility index (Phi) is 4.82. The van der Waals surface area contributed by atoms with Crippen LogP contribution >= 0.6 is 0 Å². The number of hydrogen-bond acceptors (Lipinski definition) is 4. The number of nitrogens with zero attached hydrogens (tertiary/aromatic N) is 4. The highest BCUT2D eigenvalue weighted by Gasteiger charge is 2.33. The van der Waals surface area contributed by atoms with Crippen molar-refractivity contribution in [2.24, 2.45) is 0 Å². The van der Waals surface area contributed by atoms with Crippen molar-refractivity contribution < 1.29 is 0 Å². The van der Waals surface area contributed by atoms with Crippen LogP contribution in [0, 0.1) is 0 Å². The second-order valence-electron chi connectivity index (χ2n) is 5.24. The topological polar surface area (TPSA) is 51.6 Å². The first kappa shape index (κ1) is 14.3. The van der Waals surface area contributed by atoms with E-state index < -0.39 is 0 Å². The molecule has 0 radical (unpaired) electrons. The van der Waals surface area contributed by atoms with Crippen molar-refractivity contribution in [3.05, 3.63) is 85.0 Å². The zero-order valence-corrected chi connectivity index (χ0v) is 12.3. The van der Waals surface area contributed by atoms with Crippen molar-refractivity contribution in [2.75, 3.05) is 0 Å². The summed E-state index contributed by atoms with van der Waals surface area (Å²) in [6.45, 7) is 0. The summed E-state index contributed by atoms with van der Waals surface area (Å²) >= 11 is 0. The van der Waals surface area contributed by atoms with Crippen LogP contribution in [0.2, 0.25) is 0 Å². The Morgan fingerprint density at radius 3 is 1.91 bits per heavy atom. The molecule has 1 aromatic carbocycles. The van der Waals surface area contributed by atoms with Crippen molar-refractivity contribution in [3.8, 4) is 0 Å². The second kappa shape index (κ2) is 7.41. The normalized spacial score (nSPS) is 19.5. The molecule has 0 saturated heterocycles. The van der Waals surface area contributed by atoms with Gasteiger partial charge < -0.3 is 0 Å². The molecule has 4 heteroatoms. The maximum absolute atomic E-state index is 4.37. The van der Waals surface area contributed by atoms with E-state index in [9.17, 15) is 0 Å². The first-order valence-corrected chi connectivity index (χ1v) is 7.46. The van der Waals surface area contributed by atoms with Gasteiger partial charge in [-0.1, -0.05) is 30.3 Å². The Morgan fingerprint density at radius 2 is 1.41 bits per heavy atom. The molecule has 110 valence electrons. The lowest BCUT2D eigenvalue weighted by molar-refractivity contribution is 0.339. The molecular weight excluding hydrogens is 272 g/mol. The SMILES string of the molecule is c1ccc([C@@H]2CC[C@@H]2c2ccncn2)cc1.c1cncnc1. The number of rotatable bonds is 2. The third-order valence-electron chi connectivity index (χ3n) is 3.96. The highest BCUT2D eigenvalue weighted by Crippen LogP contribution is 2.48. The molecule has 1 fully saturated rings. The molecular formula is C18H18N4. The van der Waals surface area contributed by atoms with Crippen LogP contribution in [0.15, 0.2) is 73.7 Å². The van der Waals surface area contributed by atoms with Crippen LogP contribution in [0.4, 0.5) is 0 Å². The Labute approximate surface area is 130 Å². The van der Waals surface area contributed by atoms with Gasteiger partial charge in [-0.25, -0.2) is 19.9 Å². The quantitative estimate of drug-likeness (QED) is 0.723. The van der Waals surface area contributed by atoms with E-state index >= 15 is 0 Å². The number of aromatic nitrogens is 4. The minimum absolute atomic E-state index is 0.588. The molecule has 0 N–H and O–H groups in total. The average Bonchev–Trinajstić information content (AvgIpc) is 2.58.